The molecule has 1 aliphatic heterocycles. The van der Waals surface area contributed by atoms with Crippen LogP contribution in [0.2, 0.25) is 0 Å². The molecular weight excluding hydrogens is 308 g/mol. The van der Waals surface area contributed by atoms with Gasteiger partial charge in [0.15, 0.2) is 0 Å². The van der Waals surface area contributed by atoms with Crippen molar-refractivity contribution in [3.8, 4) is 0 Å². The summed E-state index contributed by atoms with van der Waals surface area (Å²) in [5.74, 6) is 0.707. The zero-order valence-corrected chi connectivity index (χ0v) is 15.1. The Balaban J connectivity index is 0.00000192. The maximum absolute atomic E-state index is 12.8. The van der Waals surface area contributed by atoms with Gasteiger partial charge >= 0.3 is 0 Å². The van der Waals surface area contributed by atoms with Gasteiger partial charge in [-0.15, -0.1) is 12.4 Å². The summed E-state index contributed by atoms with van der Waals surface area (Å²) in [6, 6.07) is 6.96. The second-order valence-electron chi connectivity index (χ2n) is 7.09. The summed E-state index contributed by atoms with van der Waals surface area (Å²) >= 11 is 0. The van der Waals surface area contributed by atoms with Gasteiger partial charge in [0.2, 0.25) is 5.91 Å². The smallest absolute Gasteiger partial charge is 0.223 e. The number of rotatable bonds is 3. The van der Waals surface area contributed by atoms with Gasteiger partial charge in [0.1, 0.15) is 0 Å². The van der Waals surface area contributed by atoms with E-state index in [1.807, 2.05) is 0 Å². The standard InChI is InChI=1S/C19H28N2O.ClH/c1-13-6-3-8-16(14(13)2)18-10-5-11-21(18)19(22)12-15-7-4-9-17(15)20;/h3,6,8,15,17-18H,4-5,7,9-12,20H2,1-2H3;1H/t15-,17+,18?;/m0./s1. The summed E-state index contributed by atoms with van der Waals surface area (Å²) in [5.41, 5.74) is 10.1. The number of benzene rings is 1. The maximum atomic E-state index is 12.8. The van der Waals surface area contributed by atoms with Gasteiger partial charge in [-0.1, -0.05) is 24.6 Å². The van der Waals surface area contributed by atoms with E-state index >= 15 is 0 Å². The Bertz CT molecular complexity index is 560. The average Bonchev–Trinajstić information content (AvgIpc) is 3.12. The minimum Gasteiger partial charge on any atom is -0.336 e. The number of nitrogens with zero attached hydrogens (tertiary/aromatic N) is 1. The molecule has 3 rings (SSSR count). The lowest BCUT2D eigenvalue weighted by Gasteiger charge is -2.28. The molecule has 128 valence electrons. The fourth-order valence-corrected chi connectivity index (χ4v) is 4.18. The molecule has 0 aromatic heterocycles. The van der Waals surface area contributed by atoms with Gasteiger partial charge in [0.05, 0.1) is 6.04 Å². The van der Waals surface area contributed by atoms with Crippen molar-refractivity contribution in [3.63, 3.8) is 0 Å². The Morgan fingerprint density at radius 2 is 2.00 bits per heavy atom. The summed E-state index contributed by atoms with van der Waals surface area (Å²) in [4.78, 5) is 14.9. The molecule has 1 heterocycles. The molecular formula is C19H29ClN2O. The van der Waals surface area contributed by atoms with Crippen molar-refractivity contribution in [3.05, 3.63) is 34.9 Å². The lowest BCUT2D eigenvalue weighted by atomic mass is 9.95. The molecule has 1 amide bonds. The van der Waals surface area contributed by atoms with Crippen molar-refractivity contribution in [2.75, 3.05) is 6.54 Å². The molecule has 3 atom stereocenters. The minimum absolute atomic E-state index is 0. The fraction of sp³-hybridized carbons (Fsp3) is 0.632. The van der Waals surface area contributed by atoms with Crippen LogP contribution < -0.4 is 5.73 Å². The number of hydrogen-bond donors (Lipinski definition) is 1. The molecule has 2 aliphatic rings. The molecule has 0 bridgehead atoms. The third-order valence-electron chi connectivity index (χ3n) is 5.73. The molecule has 1 aromatic rings. The van der Waals surface area contributed by atoms with Crippen molar-refractivity contribution in [2.45, 2.75) is 64.5 Å². The van der Waals surface area contributed by atoms with Gasteiger partial charge in [-0.2, -0.15) is 0 Å². The number of hydrogen-bond acceptors (Lipinski definition) is 2. The van der Waals surface area contributed by atoms with E-state index in [9.17, 15) is 4.79 Å². The summed E-state index contributed by atoms with van der Waals surface area (Å²) in [7, 11) is 0. The van der Waals surface area contributed by atoms with Crippen molar-refractivity contribution in [1.29, 1.82) is 0 Å². The zero-order valence-electron chi connectivity index (χ0n) is 14.3. The maximum Gasteiger partial charge on any atom is 0.223 e. The van der Waals surface area contributed by atoms with Crippen LogP contribution in [0.15, 0.2) is 18.2 Å². The van der Waals surface area contributed by atoms with Crippen molar-refractivity contribution >= 4 is 18.3 Å². The number of nitrogens with two attached hydrogens (primary N) is 1. The Morgan fingerprint density at radius 1 is 1.22 bits per heavy atom. The Morgan fingerprint density at radius 3 is 2.70 bits per heavy atom. The van der Waals surface area contributed by atoms with Crippen LogP contribution >= 0.6 is 12.4 Å². The highest BCUT2D eigenvalue weighted by Gasteiger charge is 2.34. The van der Waals surface area contributed by atoms with Gasteiger partial charge in [0, 0.05) is 19.0 Å². The van der Waals surface area contributed by atoms with Crippen LogP contribution in [0.4, 0.5) is 0 Å². The summed E-state index contributed by atoms with van der Waals surface area (Å²) in [6.45, 7) is 5.23. The van der Waals surface area contributed by atoms with Crippen LogP contribution in [0.3, 0.4) is 0 Å². The van der Waals surface area contributed by atoms with Gasteiger partial charge in [-0.25, -0.2) is 0 Å². The lowest BCUT2D eigenvalue weighted by Crippen LogP contribution is -2.35. The van der Waals surface area contributed by atoms with Crippen LogP contribution in [0.5, 0.6) is 0 Å². The van der Waals surface area contributed by atoms with Gasteiger partial charge in [-0.3, -0.25) is 4.79 Å². The normalized spacial score (nSPS) is 27.1. The number of aryl methyl sites for hydroxylation is 1. The third-order valence-corrected chi connectivity index (χ3v) is 5.73. The highest BCUT2D eigenvalue weighted by Crippen LogP contribution is 2.36. The first kappa shape index (κ1) is 18.3. The van der Waals surface area contributed by atoms with Crippen LogP contribution in [-0.2, 0) is 4.79 Å². The van der Waals surface area contributed by atoms with Gasteiger partial charge in [0.25, 0.3) is 0 Å². The van der Waals surface area contributed by atoms with Crippen LogP contribution in [0.25, 0.3) is 0 Å². The molecule has 1 aliphatic carbocycles. The molecule has 0 radical (unpaired) electrons. The fourth-order valence-electron chi connectivity index (χ4n) is 4.18. The molecule has 1 unspecified atom stereocenters. The second kappa shape index (κ2) is 7.67. The predicted molar refractivity (Wildman–Crippen MR) is 96.8 cm³/mol. The highest BCUT2D eigenvalue weighted by molar-refractivity contribution is 5.85. The summed E-state index contributed by atoms with van der Waals surface area (Å²) in [6.07, 6.45) is 6.22. The molecule has 1 saturated carbocycles. The number of halogens is 1. The molecule has 3 nitrogen and oxygen atoms in total. The van der Waals surface area contributed by atoms with Crippen LogP contribution in [0.1, 0.15) is 61.3 Å². The second-order valence-corrected chi connectivity index (χ2v) is 7.09. The SMILES string of the molecule is Cc1cccc(C2CCCN2C(=O)C[C@@H]2CCC[C@H]2N)c1C.Cl. The number of carbonyl (C=O) groups excluding carboxylic acids is 1. The molecule has 23 heavy (non-hydrogen) atoms. The van der Waals surface area contributed by atoms with Crippen LogP contribution in [0, 0.1) is 19.8 Å². The number of likely N-dealkylation sites (tertiary alicyclic amines) is 1. The number of carbonyl (C=O) groups is 1. The minimum atomic E-state index is 0. The Labute approximate surface area is 146 Å². The van der Waals surface area contributed by atoms with E-state index in [-0.39, 0.29) is 24.5 Å². The topological polar surface area (TPSA) is 46.3 Å². The van der Waals surface area contributed by atoms with E-state index in [0.29, 0.717) is 18.2 Å². The first-order valence-corrected chi connectivity index (χ1v) is 8.69. The van der Waals surface area contributed by atoms with Crippen molar-refractivity contribution in [2.24, 2.45) is 11.7 Å². The molecule has 2 N–H and O–H groups in total. The van der Waals surface area contributed by atoms with E-state index < -0.39 is 0 Å². The Hall–Kier alpha value is -1.06. The number of amides is 1. The highest BCUT2D eigenvalue weighted by atomic mass is 35.5. The lowest BCUT2D eigenvalue weighted by molar-refractivity contribution is -0.133. The van der Waals surface area contributed by atoms with E-state index in [1.54, 1.807) is 0 Å². The molecule has 4 heteroatoms. The molecule has 1 aromatic carbocycles. The quantitative estimate of drug-likeness (QED) is 0.909. The van der Waals surface area contributed by atoms with E-state index in [0.717, 1.165) is 32.2 Å². The summed E-state index contributed by atoms with van der Waals surface area (Å²) in [5, 5.41) is 0. The Kier molecular flexibility index (Phi) is 6.10. The molecule has 0 spiro atoms. The first-order chi connectivity index (χ1) is 10.6. The van der Waals surface area contributed by atoms with Gasteiger partial charge in [-0.05, 0) is 62.1 Å². The predicted octanol–water partition coefficient (Wildman–Crippen LogP) is 3.91. The van der Waals surface area contributed by atoms with Crippen molar-refractivity contribution in [1.82, 2.24) is 4.90 Å². The van der Waals surface area contributed by atoms with Gasteiger partial charge < -0.3 is 10.6 Å². The molecule has 1 saturated heterocycles. The third kappa shape index (κ3) is 3.72. The average molecular weight is 337 g/mol. The van der Waals surface area contributed by atoms with E-state index in [4.69, 9.17) is 5.73 Å². The van der Waals surface area contributed by atoms with E-state index in [1.165, 1.54) is 23.1 Å². The van der Waals surface area contributed by atoms with Crippen molar-refractivity contribution < 1.29 is 4.79 Å². The summed E-state index contributed by atoms with van der Waals surface area (Å²) < 4.78 is 0. The largest absolute Gasteiger partial charge is 0.336 e. The monoisotopic (exact) mass is 336 g/mol. The molecule has 2 fully saturated rings. The first-order valence-electron chi connectivity index (χ1n) is 8.69. The van der Waals surface area contributed by atoms with E-state index in [2.05, 4.69) is 36.9 Å². The van der Waals surface area contributed by atoms with Crippen LogP contribution in [-0.4, -0.2) is 23.4 Å². The zero-order chi connectivity index (χ0) is 15.7.